The zero-order chi connectivity index (χ0) is 11.9. The molecule has 0 aliphatic heterocycles. The van der Waals surface area contributed by atoms with Crippen LogP contribution in [0.1, 0.15) is 65.2 Å². The second-order valence-corrected chi connectivity index (χ2v) is 3.64. The molecule has 2 N–H and O–H groups in total. The van der Waals surface area contributed by atoms with Crippen molar-refractivity contribution in [1.29, 1.82) is 0 Å². The Hall–Kier alpha value is -0.570. The highest BCUT2D eigenvalue weighted by Crippen LogP contribution is 2.03. The number of carbonyl (C=O) groups is 1. The van der Waals surface area contributed by atoms with Gasteiger partial charge in [0.2, 0.25) is 0 Å². The Balaban J connectivity index is 0. The third kappa shape index (κ3) is 24.7. The van der Waals surface area contributed by atoms with Crippen molar-refractivity contribution in [2.45, 2.75) is 65.2 Å². The van der Waals surface area contributed by atoms with Crippen LogP contribution in [-0.2, 0) is 4.79 Å². The molecular weight excluding hydrogens is 192 g/mol. The standard InChI is InChI=1S/C8H18O.C4H8O2/c1-2-3-4-5-6-7-8-9;1-2-3-4(5)6/h9H,2-8H2,1H3;2-3H2,1H3,(H,5,6). The molecule has 92 valence electrons. The van der Waals surface area contributed by atoms with E-state index in [-0.39, 0.29) is 0 Å². The summed E-state index contributed by atoms with van der Waals surface area (Å²) in [6, 6.07) is 0. The topological polar surface area (TPSA) is 57.5 Å². The maximum Gasteiger partial charge on any atom is 0.303 e. The average Bonchev–Trinajstić information content (AvgIpc) is 2.18. The van der Waals surface area contributed by atoms with Gasteiger partial charge in [0.1, 0.15) is 0 Å². The molecule has 0 rings (SSSR count). The Morgan fingerprint density at radius 3 is 1.80 bits per heavy atom. The third-order valence-electron chi connectivity index (χ3n) is 1.98. The molecule has 15 heavy (non-hydrogen) atoms. The number of rotatable bonds is 8. The van der Waals surface area contributed by atoms with E-state index < -0.39 is 5.97 Å². The number of carboxylic acids is 1. The van der Waals surface area contributed by atoms with E-state index in [9.17, 15) is 4.79 Å². The quantitative estimate of drug-likeness (QED) is 0.615. The molecule has 0 aromatic rings. The van der Waals surface area contributed by atoms with Crippen molar-refractivity contribution in [2.75, 3.05) is 6.61 Å². The van der Waals surface area contributed by atoms with E-state index in [1.165, 1.54) is 32.1 Å². The van der Waals surface area contributed by atoms with Gasteiger partial charge in [-0.3, -0.25) is 4.79 Å². The first-order valence-electron chi connectivity index (χ1n) is 6.01. The summed E-state index contributed by atoms with van der Waals surface area (Å²) in [7, 11) is 0. The Kier molecular flexibility index (Phi) is 17.8. The van der Waals surface area contributed by atoms with Crippen LogP contribution < -0.4 is 0 Å². The maximum atomic E-state index is 9.60. The summed E-state index contributed by atoms with van der Waals surface area (Å²) in [6.07, 6.45) is 8.52. The molecule has 0 amide bonds. The molecule has 0 aromatic carbocycles. The highest BCUT2D eigenvalue weighted by Gasteiger charge is 1.87. The molecule has 0 aromatic heterocycles. The number of hydrogen-bond acceptors (Lipinski definition) is 2. The Morgan fingerprint density at radius 1 is 0.933 bits per heavy atom. The molecule has 3 heteroatoms. The molecule has 3 nitrogen and oxygen atoms in total. The fraction of sp³-hybridized carbons (Fsp3) is 0.917. The molecule has 0 spiro atoms. The van der Waals surface area contributed by atoms with Crippen molar-refractivity contribution in [2.24, 2.45) is 0 Å². The van der Waals surface area contributed by atoms with Gasteiger partial charge in [0.05, 0.1) is 0 Å². The van der Waals surface area contributed by atoms with Gasteiger partial charge in [0, 0.05) is 13.0 Å². The highest BCUT2D eigenvalue weighted by molar-refractivity contribution is 5.66. The van der Waals surface area contributed by atoms with Crippen LogP contribution >= 0.6 is 0 Å². The molecule has 0 saturated heterocycles. The van der Waals surface area contributed by atoms with Crippen LogP contribution in [-0.4, -0.2) is 22.8 Å². The molecule has 0 unspecified atom stereocenters. The Labute approximate surface area is 93.5 Å². The number of aliphatic carboxylic acids is 1. The van der Waals surface area contributed by atoms with Gasteiger partial charge < -0.3 is 10.2 Å². The predicted molar refractivity (Wildman–Crippen MR) is 63.0 cm³/mol. The van der Waals surface area contributed by atoms with Gasteiger partial charge in [-0.25, -0.2) is 0 Å². The molecular formula is C12H26O3. The van der Waals surface area contributed by atoms with Gasteiger partial charge >= 0.3 is 5.97 Å². The second-order valence-electron chi connectivity index (χ2n) is 3.64. The minimum Gasteiger partial charge on any atom is -0.481 e. The van der Waals surface area contributed by atoms with Crippen LogP contribution in [0.15, 0.2) is 0 Å². The normalized spacial score (nSPS) is 9.27. The van der Waals surface area contributed by atoms with Crippen molar-refractivity contribution in [1.82, 2.24) is 0 Å². The molecule has 0 saturated carbocycles. The van der Waals surface area contributed by atoms with Gasteiger partial charge in [-0.15, -0.1) is 0 Å². The summed E-state index contributed by atoms with van der Waals surface area (Å²) in [5.41, 5.74) is 0. The van der Waals surface area contributed by atoms with E-state index >= 15 is 0 Å². The van der Waals surface area contributed by atoms with Crippen molar-refractivity contribution < 1.29 is 15.0 Å². The lowest BCUT2D eigenvalue weighted by Gasteiger charge is -1.95. The summed E-state index contributed by atoms with van der Waals surface area (Å²) in [5.74, 6) is -0.711. The summed E-state index contributed by atoms with van der Waals surface area (Å²) in [5, 5.41) is 16.3. The van der Waals surface area contributed by atoms with Gasteiger partial charge in [-0.2, -0.15) is 0 Å². The summed E-state index contributed by atoms with van der Waals surface area (Å²) < 4.78 is 0. The van der Waals surface area contributed by atoms with E-state index in [2.05, 4.69) is 6.92 Å². The van der Waals surface area contributed by atoms with Crippen LogP contribution in [0.25, 0.3) is 0 Å². The SMILES string of the molecule is CCCC(=O)O.CCCCCCCCO. The fourth-order valence-electron chi connectivity index (χ4n) is 1.11. The number of carboxylic acid groups (broad SMARTS) is 1. The third-order valence-corrected chi connectivity index (χ3v) is 1.98. The zero-order valence-electron chi connectivity index (χ0n) is 10.2. The molecule has 0 atom stereocenters. The number of hydrogen-bond donors (Lipinski definition) is 2. The van der Waals surface area contributed by atoms with Crippen molar-refractivity contribution in [3.05, 3.63) is 0 Å². The summed E-state index contributed by atoms with van der Waals surface area (Å²) >= 11 is 0. The van der Waals surface area contributed by atoms with Gasteiger partial charge in [0.15, 0.2) is 0 Å². The molecule has 0 aliphatic rings. The van der Waals surface area contributed by atoms with E-state index in [4.69, 9.17) is 10.2 Å². The van der Waals surface area contributed by atoms with Gasteiger partial charge in [-0.05, 0) is 12.8 Å². The zero-order valence-corrected chi connectivity index (χ0v) is 10.2. The van der Waals surface area contributed by atoms with Crippen molar-refractivity contribution >= 4 is 5.97 Å². The molecule has 0 aliphatic carbocycles. The first-order chi connectivity index (χ1) is 7.18. The maximum absolute atomic E-state index is 9.60. The number of aliphatic hydroxyl groups is 1. The lowest BCUT2D eigenvalue weighted by atomic mass is 10.1. The van der Waals surface area contributed by atoms with Gasteiger partial charge in [0.25, 0.3) is 0 Å². The second kappa shape index (κ2) is 15.9. The predicted octanol–water partition coefficient (Wildman–Crippen LogP) is 3.21. The summed E-state index contributed by atoms with van der Waals surface area (Å²) in [6.45, 7) is 4.42. The van der Waals surface area contributed by atoms with Crippen LogP contribution in [0.2, 0.25) is 0 Å². The summed E-state index contributed by atoms with van der Waals surface area (Å²) in [4.78, 5) is 9.60. The van der Waals surface area contributed by atoms with Crippen LogP contribution in [0.5, 0.6) is 0 Å². The van der Waals surface area contributed by atoms with E-state index in [1.807, 2.05) is 6.92 Å². The Morgan fingerprint density at radius 2 is 1.47 bits per heavy atom. The van der Waals surface area contributed by atoms with E-state index in [0.29, 0.717) is 13.0 Å². The number of unbranched alkanes of at least 4 members (excludes halogenated alkanes) is 5. The fourth-order valence-corrected chi connectivity index (χ4v) is 1.11. The largest absolute Gasteiger partial charge is 0.481 e. The molecule has 0 radical (unpaired) electrons. The minimum atomic E-state index is -0.711. The number of aliphatic hydroxyl groups excluding tert-OH is 1. The first-order valence-corrected chi connectivity index (χ1v) is 6.01. The van der Waals surface area contributed by atoms with Crippen molar-refractivity contribution in [3.63, 3.8) is 0 Å². The Bertz CT molecular complexity index is 118. The monoisotopic (exact) mass is 218 g/mol. The van der Waals surface area contributed by atoms with E-state index in [1.54, 1.807) is 0 Å². The smallest absolute Gasteiger partial charge is 0.303 e. The highest BCUT2D eigenvalue weighted by atomic mass is 16.4. The molecule has 0 fully saturated rings. The lowest BCUT2D eigenvalue weighted by Crippen LogP contribution is -1.90. The van der Waals surface area contributed by atoms with E-state index in [0.717, 1.165) is 12.8 Å². The van der Waals surface area contributed by atoms with Crippen LogP contribution in [0.4, 0.5) is 0 Å². The lowest BCUT2D eigenvalue weighted by molar-refractivity contribution is -0.137. The van der Waals surface area contributed by atoms with Crippen LogP contribution in [0, 0.1) is 0 Å². The van der Waals surface area contributed by atoms with Gasteiger partial charge in [-0.1, -0.05) is 46.0 Å². The minimum absolute atomic E-state index is 0.292. The average molecular weight is 218 g/mol. The molecule has 0 bridgehead atoms. The van der Waals surface area contributed by atoms with Crippen LogP contribution in [0.3, 0.4) is 0 Å². The first kappa shape index (κ1) is 16.8. The molecule has 0 heterocycles. The van der Waals surface area contributed by atoms with Crippen molar-refractivity contribution in [3.8, 4) is 0 Å².